The zero-order valence-corrected chi connectivity index (χ0v) is 16.7. The Balaban J connectivity index is 0.000000362. The molecule has 0 aliphatic heterocycles. The summed E-state index contributed by atoms with van der Waals surface area (Å²) in [4.78, 5) is 30.9. The number of carbonyl (C=O) groups is 2. The summed E-state index contributed by atoms with van der Waals surface area (Å²) in [6.07, 6.45) is 2.90. The molecule has 28 heavy (non-hydrogen) atoms. The van der Waals surface area contributed by atoms with Crippen LogP contribution in [0.5, 0.6) is 0 Å². The molecule has 152 valence electrons. The molecule has 0 unspecified atom stereocenters. The third-order valence-corrected chi connectivity index (χ3v) is 3.54. The summed E-state index contributed by atoms with van der Waals surface area (Å²) >= 11 is 5.29. The monoisotopic (exact) mass is 414 g/mol. The van der Waals surface area contributed by atoms with Crippen molar-refractivity contribution in [2.24, 2.45) is 0 Å². The van der Waals surface area contributed by atoms with Crippen LogP contribution in [0.1, 0.15) is 36.6 Å². The van der Waals surface area contributed by atoms with Crippen LogP contribution < -0.4 is 0 Å². The Bertz CT molecular complexity index is 816. The van der Waals surface area contributed by atoms with Crippen molar-refractivity contribution in [2.45, 2.75) is 33.6 Å². The molecule has 6 nitrogen and oxygen atoms in total. The lowest BCUT2D eigenvalue weighted by Crippen LogP contribution is -2.28. The van der Waals surface area contributed by atoms with E-state index in [1.54, 1.807) is 27.7 Å². The van der Waals surface area contributed by atoms with E-state index in [1.165, 1.54) is 24.5 Å². The summed E-state index contributed by atoms with van der Waals surface area (Å²) in [5.41, 5.74) is 1.09. The first-order valence-electron chi connectivity index (χ1n) is 8.44. The minimum absolute atomic E-state index is 0.0689. The topological polar surface area (TPSA) is 78.4 Å². The van der Waals surface area contributed by atoms with E-state index in [9.17, 15) is 18.4 Å². The fourth-order valence-corrected chi connectivity index (χ4v) is 2.15. The highest BCUT2D eigenvalue weighted by Gasteiger charge is 2.35. The van der Waals surface area contributed by atoms with Crippen molar-refractivity contribution in [1.82, 2.24) is 9.97 Å². The van der Waals surface area contributed by atoms with Crippen LogP contribution in [0.4, 0.5) is 8.78 Å². The molecule has 0 aliphatic carbocycles. The predicted molar refractivity (Wildman–Crippen MR) is 98.9 cm³/mol. The van der Waals surface area contributed by atoms with Crippen molar-refractivity contribution in [3.05, 3.63) is 58.1 Å². The van der Waals surface area contributed by atoms with Crippen LogP contribution in [0, 0.1) is 25.5 Å². The molecule has 0 N–H and O–H groups in total. The van der Waals surface area contributed by atoms with E-state index in [-0.39, 0.29) is 24.1 Å². The van der Waals surface area contributed by atoms with Gasteiger partial charge in [-0.3, -0.25) is 14.6 Å². The highest BCUT2D eigenvalue weighted by Crippen LogP contribution is 2.21. The second-order valence-electron chi connectivity index (χ2n) is 5.60. The molecule has 0 radical (unpaired) electrons. The van der Waals surface area contributed by atoms with E-state index in [2.05, 4.69) is 9.97 Å². The molecule has 0 saturated heterocycles. The Morgan fingerprint density at radius 2 is 1.43 bits per heavy atom. The van der Waals surface area contributed by atoms with E-state index >= 15 is 0 Å². The molecule has 0 saturated carbocycles. The average molecular weight is 415 g/mol. The number of pyridine rings is 2. The van der Waals surface area contributed by atoms with Gasteiger partial charge in [-0.25, -0.2) is 13.8 Å². The number of hydrogen-bond acceptors (Lipinski definition) is 6. The molecule has 0 aliphatic rings. The molecule has 2 heterocycles. The second-order valence-corrected chi connectivity index (χ2v) is 5.96. The Morgan fingerprint density at radius 3 is 1.82 bits per heavy atom. The molecule has 2 rings (SSSR count). The zero-order chi connectivity index (χ0) is 21.3. The van der Waals surface area contributed by atoms with Crippen LogP contribution in [0.2, 0.25) is 5.15 Å². The third kappa shape index (κ3) is 6.84. The van der Waals surface area contributed by atoms with Crippen LogP contribution in [0.15, 0.2) is 24.5 Å². The minimum Gasteiger partial charge on any atom is -0.465 e. The molecule has 9 heteroatoms. The maximum absolute atomic E-state index is 13.8. The lowest BCUT2D eigenvalue weighted by Gasteiger charge is -2.14. The fourth-order valence-electron chi connectivity index (χ4n) is 2.04. The van der Waals surface area contributed by atoms with Crippen molar-refractivity contribution < 1.29 is 27.8 Å². The Hall–Kier alpha value is -2.61. The van der Waals surface area contributed by atoms with Gasteiger partial charge in [-0.05, 0) is 51.0 Å². The molecule has 2 aromatic rings. The van der Waals surface area contributed by atoms with Crippen LogP contribution in [-0.2, 0) is 19.1 Å². The average Bonchev–Trinajstić information content (AvgIpc) is 2.62. The normalized spacial score (nSPS) is 10.1. The first kappa shape index (κ1) is 23.4. The summed E-state index contributed by atoms with van der Waals surface area (Å²) < 4.78 is 35.7. The summed E-state index contributed by atoms with van der Waals surface area (Å²) in [5, 5.41) is -0.0689. The molecular formula is C19H21ClF2N2O4. The lowest BCUT2D eigenvalue weighted by atomic mass is 10.0. The van der Waals surface area contributed by atoms with Crippen LogP contribution in [0.25, 0.3) is 0 Å². The van der Waals surface area contributed by atoms with Gasteiger partial charge in [-0.1, -0.05) is 11.6 Å². The number of hydrogen-bond donors (Lipinski definition) is 0. The van der Waals surface area contributed by atoms with Gasteiger partial charge >= 0.3 is 11.9 Å². The van der Waals surface area contributed by atoms with Crippen molar-refractivity contribution in [2.75, 3.05) is 13.2 Å². The van der Waals surface area contributed by atoms with E-state index in [4.69, 9.17) is 21.1 Å². The van der Waals surface area contributed by atoms with Gasteiger partial charge in [0.05, 0.1) is 13.2 Å². The van der Waals surface area contributed by atoms with Gasteiger partial charge in [0.1, 0.15) is 11.5 Å². The van der Waals surface area contributed by atoms with Gasteiger partial charge in [0.15, 0.2) is 16.9 Å². The van der Waals surface area contributed by atoms with Gasteiger partial charge in [-0.2, -0.15) is 0 Å². The van der Waals surface area contributed by atoms with Crippen molar-refractivity contribution in [1.29, 1.82) is 0 Å². The molecular weight excluding hydrogens is 394 g/mol. The van der Waals surface area contributed by atoms with Crippen LogP contribution in [-0.4, -0.2) is 35.1 Å². The molecule has 0 aromatic carbocycles. The number of carbonyl (C=O) groups excluding carboxylic acids is 2. The summed E-state index contributed by atoms with van der Waals surface area (Å²) in [7, 11) is 0. The SMILES string of the molecule is CCOC(=O)C(C(=O)OCC)c1ncc(C)cc1F.Cc1cnc(Cl)c(F)c1. The Labute approximate surface area is 166 Å². The maximum Gasteiger partial charge on any atom is 0.326 e. The van der Waals surface area contributed by atoms with Crippen molar-refractivity contribution in [3.8, 4) is 0 Å². The van der Waals surface area contributed by atoms with Gasteiger partial charge in [0, 0.05) is 12.4 Å². The number of aromatic nitrogens is 2. The van der Waals surface area contributed by atoms with Crippen molar-refractivity contribution in [3.63, 3.8) is 0 Å². The zero-order valence-electron chi connectivity index (χ0n) is 16.0. The highest BCUT2D eigenvalue weighted by molar-refractivity contribution is 6.29. The minimum atomic E-state index is -1.49. The summed E-state index contributed by atoms with van der Waals surface area (Å²) in [5.74, 6) is -4.41. The first-order valence-corrected chi connectivity index (χ1v) is 8.81. The molecule has 0 amide bonds. The van der Waals surface area contributed by atoms with Gasteiger partial charge in [-0.15, -0.1) is 0 Å². The van der Waals surface area contributed by atoms with E-state index in [1.807, 2.05) is 0 Å². The van der Waals surface area contributed by atoms with Crippen LogP contribution in [0.3, 0.4) is 0 Å². The highest BCUT2D eigenvalue weighted by atomic mass is 35.5. The molecule has 0 spiro atoms. The summed E-state index contributed by atoms with van der Waals surface area (Å²) in [6.45, 7) is 6.78. The number of ether oxygens (including phenoxy) is 2. The Morgan fingerprint density at radius 1 is 0.964 bits per heavy atom. The van der Waals surface area contributed by atoms with Gasteiger partial charge < -0.3 is 9.47 Å². The van der Waals surface area contributed by atoms with E-state index < -0.39 is 29.5 Å². The van der Waals surface area contributed by atoms with E-state index in [0.717, 1.165) is 5.56 Å². The maximum atomic E-state index is 13.8. The molecule has 0 atom stereocenters. The summed E-state index contributed by atoms with van der Waals surface area (Å²) in [6, 6.07) is 2.54. The quantitative estimate of drug-likeness (QED) is 0.419. The fraction of sp³-hybridized carbons (Fsp3) is 0.368. The smallest absolute Gasteiger partial charge is 0.326 e. The van der Waals surface area contributed by atoms with E-state index in [0.29, 0.717) is 5.56 Å². The number of aryl methyl sites for hydroxylation is 2. The number of nitrogens with zero attached hydrogens (tertiary/aromatic N) is 2. The van der Waals surface area contributed by atoms with Crippen molar-refractivity contribution >= 4 is 23.5 Å². The van der Waals surface area contributed by atoms with Gasteiger partial charge in [0.2, 0.25) is 0 Å². The Kier molecular flexibility index (Phi) is 9.44. The predicted octanol–water partition coefficient (Wildman–Crippen LogP) is 3.92. The molecule has 0 bridgehead atoms. The standard InChI is InChI=1S/C13H16FNO4.C6H5ClFN/c1-4-18-12(16)10(13(17)19-5-2)11-9(14)6-8(3)7-15-11;1-4-2-5(8)6(7)9-3-4/h6-7,10H,4-5H2,1-3H3;2-3H,1H3. The first-order chi connectivity index (χ1) is 13.2. The third-order valence-electron chi connectivity index (χ3n) is 3.26. The van der Waals surface area contributed by atoms with Crippen LogP contribution >= 0.6 is 11.6 Å². The second kappa shape index (κ2) is 11.3. The molecule has 0 fully saturated rings. The largest absolute Gasteiger partial charge is 0.465 e. The molecule has 2 aromatic heterocycles. The lowest BCUT2D eigenvalue weighted by molar-refractivity contribution is -0.157. The number of esters is 2. The van der Waals surface area contributed by atoms with Gasteiger partial charge in [0.25, 0.3) is 0 Å². The number of halogens is 3. The number of rotatable bonds is 5.